The van der Waals surface area contributed by atoms with Crippen molar-refractivity contribution in [2.24, 2.45) is 7.05 Å². The Kier molecular flexibility index (Phi) is 5.03. The number of thiophene rings is 1. The summed E-state index contributed by atoms with van der Waals surface area (Å²) < 4.78 is 1.72. The molecule has 2 aromatic heterocycles. The van der Waals surface area contributed by atoms with E-state index >= 15 is 0 Å². The smallest absolute Gasteiger partial charge is 0.257 e. The monoisotopic (exact) mass is 326 g/mol. The quantitative estimate of drug-likeness (QED) is 0.918. The van der Waals surface area contributed by atoms with Crippen molar-refractivity contribution in [2.75, 3.05) is 19.6 Å². The zero-order valence-electron chi connectivity index (χ0n) is 12.1. The molecule has 1 fully saturated rings. The number of nitrogens with zero attached hydrogens (tertiary/aromatic N) is 3. The molecule has 21 heavy (non-hydrogen) atoms. The summed E-state index contributed by atoms with van der Waals surface area (Å²) in [7, 11) is 1.86. The first-order valence-corrected chi connectivity index (χ1v) is 7.63. The Bertz CT molecular complexity index is 611. The number of carbonyl (C=O) groups excluding carboxylic acids is 1. The molecule has 1 amide bonds. The lowest BCUT2D eigenvalue weighted by atomic mass is 10.1. The van der Waals surface area contributed by atoms with Gasteiger partial charge in [0.1, 0.15) is 5.69 Å². The second-order valence-electron chi connectivity index (χ2n) is 5.15. The van der Waals surface area contributed by atoms with Gasteiger partial charge in [0.05, 0.1) is 10.4 Å². The van der Waals surface area contributed by atoms with E-state index in [9.17, 15) is 4.79 Å². The van der Waals surface area contributed by atoms with E-state index in [1.807, 2.05) is 35.7 Å². The van der Waals surface area contributed by atoms with Crippen LogP contribution in [-0.2, 0) is 7.05 Å². The van der Waals surface area contributed by atoms with Gasteiger partial charge in [-0.25, -0.2) is 0 Å². The molecule has 0 spiro atoms. The predicted molar refractivity (Wildman–Crippen MR) is 87.1 cm³/mol. The fraction of sp³-hybridized carbons (Fsp3) is 0.429. The molecule has 2 aromatic rings. The molecule has 3 heterocycles. The van der Waals surface area contributed by atoms with Crippen LogP contribution in [0.3, 0.4) is 0 Å². The van der Waals surface area contributed by atoms with Crippen molar-refractivity contribution in [3.8, 4) is 10.6 Å². The molecule has 0 aromatic carbocycles. The summed E-state index contributed by atoms with van der Waals surface area (Å²) in [5, 5.41) is 9.81. The lowest BCUT2D eigenvalue weighted by molar-refractivity contribution is 0.0710. The summed E-state index contributed by atoms with van der Waals surface area (Å²) in [4.78, 5) is 15.7. The Morgan fingerprint density at radius 2 is 2.33 bits per heavy atom. The van der Waals surface area contributed by atoms with Crippen molar-refractivity contribution >= 4 is 29.7 Å². The molecule has 1 atom stereocenters. The van der Waals surface area contributed by atoms with E-state index in [-0.39, 0.29) is 18.3 Å². The van der Waals surface area contributed by atoms with Crippen molar-refractivity contribution < 1.29 is 4.79 Å². The van der Waals surface area contributed by atoms with E-state index in [0.29, 0.717) is 11.6 Å². The van der Waals surface area contributed by atoms with Crippen molar-refractivity contribution in [3.05, 3.63) is 29.3 Å². The van der Waals surface area contributed by atoms with Crippen LogP contribution in [0.25, 0.3) is 10.6 Å². The number of hydrogen-bond acceptors (Lipinski definition) is 4. The lowest BCUT2D eigenvalue weighted by Gasteiger charge is -2.31. The number of amides is 1. The average Bonchev–Trinajstić information content (AvgIpc) is 3.06. The van der Waals surface area contributed by atoms with Gasteiger partial charge in [-0.3, -0.25) is 9.48 Å². The second-order valence-corrected chi connectivity index (χ2v) is 6.10. The predicted octanol–water partition coefficient (Wildman–Crippen LogP) is 2.00. The van der Waals surface area contributed by atoms with E-state index in [1.54, 1.807) is 16.0 Å². The first-order valence-electron chi connectivity index (χ1n) is 6.75. The number of hydrogen-bond donors (Lipinski definition) is 1. The Hall–Kier alpha value is -1.37. The van der Waals surface area contributed by atoms with Gasteiger partial charge in [-0.2, -0.15) is 5.10 Å². The molecule has 1 saturated heterocycles. The summed E-state index contributed by atoms with van der Waals surface area (Å²) in [5.74, 6) is 0.0786. The minimum atomic E-state index is 0. The molecule has 0 radical (unpaired) electrons. The summed E-state index contributed by atoms with van der Waals surface area (Å²) >= 11 is 1.61. The van der Waals surface area contributed by atoms with Crippen LogP contribution in [0, 0.1) is 0 Å². The first kappa shape index (κ1) is 16.0. The first-order chi connectivity index (χ1) is 9.65. The molecule has 114 valence electrons. The van der Waals surface area contributed by atoms with Crippen molar-refractivity contribution in [1.82, 2.24) is 20.0 Å². The van der Waals surface area contributed by atoms with Crippen LogP contribution in [0.5, 0.6) is 0 Å². The number of aromatic nitrogens is 2. The van der Waals surface area contributed by atoms with Crippen LogP contribution in [0.2, 0.25) is 0 Å². The topological polar surface area (TPSA) is 50.2 Å². The fourth-order valence-electron chi connectivity index (χ4n) is 2.53. The van der Waals surface area contributed by atoms with E-state index in [0.717, 1.165) is 30.2 Å². The Morgan fingerprint density at radius 1 is 1.52 bits per heavy atom. The number of carbonyl (C=O) groups is 1. The van der Waals surface area contributed by atoms with Crippen LogP contribution in [-0.4, -0.2) is 46.3 Å². The molecule has 0 unspecified atom stereocenters. The molecular formula is C14H19ClN4OS. The van der Waals surface area contributed by atoms with Gasteiger partial charge < -0.3 is 10.2 Å². The SMILES string of the molecule is C[C@@H]1CN(C(=O)c2cn(C)nc2-c2cccs2)CCN1.Cl. The maximum atomic E-state index is 12.7. The summed E-state index contributed by atoms with van der Waals surface area (Å²) in [6, 6.07) is 4.33. The van der Waals surface area contributed by atoms with Crippen LogP contribution < -0.4 is 5.32 Å². The van der Waals surface area contributed by atoms with Crippen LogP contribution >= 0.6 is 23.7 Å². The highest BCUT2D eigenvalue weighted by Gasteiger charge is 2.26. The van der Waals surface area contributed by atoms with Gasteiger partial charge in [-0.15, -0.1) is 23.7 Å². The Balaban J connectivity index is 0.00000161. The maximum absolute atomic E-state index is 12.7. The van der Waals surface area contributed by atoms with Gasteiger partial charge in [0.2, 0.25) is 0 Å². The third-order valence-electron chi connectivity index (χ3n) is 3.47. The molecule has 0 aliphatic carbocycles. The van der Waals surface area contributed by atoms with E-state index in [2.05, 4.69) is 17.3 Å². The Labute approximate surface area is 134 Å². The highest BCUT2D eigenvalue weighted by molar-refractivity contribution is 7.13. The normalized spacial score (nSPS) is 18.4. The molecule has 1 N–H and O–H groups in total. The van der Waals surface area contributed by atoms with Gasteiger partial charge in [-0.05, 0) is 18.4 Å². The molecule has 5 nitrogen and oxygen atoms in total. The Morgan fingerprint density at radius 3 is 3.00 bits per heavy atom. The largest absolute Gasteiger partial charge is 0.336 e. The summed E-state index contributed by atoms with van der Waals surface area (Å²) in [5.41, 5.74) is 1.49. The highest BCUT2D eigenvalue weighted by Crippen LogP contribution is 2.27. The molecule has 3 rings (SSSR count). The zero-order valence-corrected chi connectivity index (χ0v) is 13.7. The van der Waals surface area contributed by atoms with Crippen molar-refractivity contribution in [1.29, 1.82) is 0 Å². The van der Waals surface area contributed by atoms with Gasteiger partial charge in [0.15, 0.2) is 0 Å². The van der Waals surface area contributed by atoms with Crippen molar-refractivity contribution in [2.45, 2.75) is 13.0 Å². The average molecular weight is 327 g/mol. The van der Waals surface area contributed by atoms with Crippen molar-refractivity contribution in [3.63, 3.8) is 0 Å². The molecular weight excluding hydrogens is 308 g/mol. The van der Waals surface area contributed by atoms with E-state index in [1.165, 1.54) is 0 Å². The number of aryl methyl sites for hydroxylation is 1. The van der Waals surface area contributed by atoms with E-state index < -0.39 is 0 Å². The summed E-state index contributed by atoms with van der Waals surface area (Å²) in [6.07, 6.45) is 1.82. The number of rotatable bonds is 2. The zero-order chi connectivity index (χ0) is 14.1. The molecule has 0 bridgehead atoms. The molecule has 1 aliphatic rings. The number of nitrogens with one attached hydrogen (secondary N) is 1. The van der Waals surface area contributed by atoms with Crippen LogP contribution in [0.15, 0.2) is 23.7 Å². The van der Waals surface area contributed by atoms with Gasteiger partial charge in [0.25, 0.3) is 5.91 Å². The number of halogens is 1. The number of piperazine rings is 1. The third kappa shape index (κ3) is 3.28. The summed E-state index contributed by atoms with van der Waals surface area (Å²) in [6.45, 7) is 4.45. The molecule has 1 aliphatic heterocycles. The van der Waals surface area contributed by atoms with Crippen LogP contribution in [0.1, 0.15) is 17.3 Å². The van der Waals surface area contributed by atoms with Gasteiger partial charge in [-0.1, -0.05) is 6.07 Å². The second kappa shape index (κ2) is 6.60. The molecule has 0 saturated carbocycles. The highest BCUT2D eigenvalue weighted by atomic mass is 35.5. The maximum Gasteiger partial charge on any atom is 0.257 e. The van der Waals surface area contributed by atoms with E-state index in [4.69, 9.17) is 0 Å². The van der Waals surface area contributed by atoms with Crippen LogP contribution in [0.4, 0.5) is 0 Å². The minimum Gasteiger partial charge on any atom is -0.336 e. The third-order valence-corrected chi connectivity index (χ3v) is 4.35. The molecule has 7 heteroatoms. The fourth-order valence-corrected chi connectivity index (χ4v) is 3.25. The van der Waals surface area contributed by atoms with Gasteiger partial charge in [0, 0.05) is 38.9 Å². The standard InChI is InChI=1S/C14H18N4OS.ClH/c1-10-8-18(6-5-15-10)14(19)11-9-17(2)16-13(11)12-4-3-7-20-12;/h3-4,7,9-10,15H,5-6,8H2,1-2H3;1H/t10-;/m1./s1. The van der Waals surface area contributed by atoms with Gasteiger partial charge >= 0.3 is 0 Å². The minimum absolute atomic E-state index is 0. The lowest BCUT2D eigenvalue weighted by Crippen LogP contribution is -2.51.